The maximum atomic E-state index is 11.0. The van der Waals surface area contributed by atoms with Crippen LogP contribution >= 0.6 is 34.2 Å². The Morgan fingerprint density at radius 1 is 1.53 bits per heavy atom. The van der Waals surface area contributed by atoms with Crippen LogP contribution in [0.5, 0.6) is 0 Å². The Balaban J connectivity index is 0. The number of carbonyl (C=O) groups is 1. The Labute approximate surface area is 125 Å². The molecule has 0 spiro atoms. The summed E-state index contributed by atoms with van der Waals surface area (Å²) in [7, 11) is -2.33. The molecule has 0 aliphatic carbocycles. The van der Waals surface area contributed by atoms with Crippen molar-refractivity contribution in [3.8, 4) is 0 Å². The van der Waals surface area contributed by atoms with E-state index in [1.165, 1.54) is 0 Å². The molecule has 0 fully saturated rings. The van der Waals surface area contributed by atoms with Gasteiger partial charge in [0.2, 0.25) is 5.12 Å². The van der Waals surface area contributed by atoms with Crippen molar-refractivity contribution in [2.45, 2.75) is 6.04 Å². The van der Waals surface area contributed by atoms with E-state index >= 15 is 0 Å². The van der Waals surface area contributed by atoms with Gasteiger partial charge in [-0.15, -0.1) is 0 Å². The Hall–Kier alpha value is 1.59. The maximum absolute atomic E-state index is 11.0. The number of carbonyl (C=O) groups excluding carboxylic acids is 1. The minimum atomic E-state index is -4.19. The second kappa shape index (κ2) is 9.60. The molecule has 0 heterocycles. The van der Waals surface area contributed by atoms with Gasteiger partial charge in [0.1, 0.15) is 0 Å². The normalized spacial score (nSPS) is 13.0. The Morgan fingerprint density at radius 3 is 2.47 bits per heavy atom. The van der Waals surface area contributed by atoms with Crippen molar-refractivity contribution in [3.63, 3.8) is 0 Å². The van der Waals surface area contributed by atoms with Gasteiger partial charge in [-0.25, -0.2) is 8.42 Å². The molecule has 1 atom stereocenters. The van der Waals surface area contributed by atoms with Crippen molar-refractivity contribution in [1.82, 2.24) is 0 Å². The van der Waals surface area contributed by atoms with Crippen molar-refractivity contribution in [3.05, 3.63) is 0 Å². The van der Waals surface area contributed by atoms with E-state index in [9.17, 15) is 17.8 Å². The zero-order valence-electron chi connectivity index (χ0n) is 8.08. The summed E-state index contributed by atoms with van der Waals surface area (Å²) >= 11 is 3.83. The molecule has 0 saturated heterocycles. The number of rotatable bonds is 6. The first-order valence-corrected chi connectivity index (χ1v) is 8.03. The largest absolute Gasteiger partial charge is 1.00 e. The van der Waals surface area contributed by atoms with Crippen LogP contribution in [0, 0.1) is 0 Å². The van der Waals surface area contributed by atoms with Crippen LogP contribution in [0.15, 0.2) is 0 Å². The molecule has 0 aromatic rings. The molecule has 0 unspecified atom stereocenters. The van der Waals surface area contributed by atoms with Gasteiger partial charge in [0, 0.05) is 17.3 Å². The first-order chi connectivity index (χ1) is 6.37. The predicted octanol–water partition coefficient (Wildman–Crippen LogP) is -3.30. The molecule has 0 saturated carbocycles. The average Bonchev–Trinajstić information content (AvgIpc) is 2.09. The molecular formula is C5H10NNaO4S4. The maximum Gasteiger partial charge on any atom is 1.00 e. The molecule has 0 radical (unpaired) electrons. The molecule has 0 aliphatic heterocycles. The molecule has 0 amide bonds. The van der Waals surface area contributed by atoms with Gasteiger partial charge < -0.3 is 10.3 Å². The van der Waals surface area contributed by atoms with Gasteiger partial charge in [0.05, 0.1) is 16.2 Å². The van der Waals surface area contributed by atoms with E-state index in [0.29, 0.717) is 0 Å². The Bertz CT molecular complexity index is 283. The summed E-state index contributed by atoms with van der Waals surface area (Å²) in [6, 6.07) is -0.653. The summed E-state index contributed by atoms with van der Waals surface area (Å²) in [6.45, 7) is 0. The molecule has 0 rings (SSSR count). The van der Waals surface area contributed by atoms with Gasteiger partial charge in [0.25, 0.3) is 0 Å². The molecule has 2 N–H and O–H groups in total. The van der Waals surface area contributed by atoms with Crippen molar-refractivity contribution < 1.29 is 47.3 Å². The number of thiol groups is 1. The van der Waals surface area contributed by atoms with Gasteiger partial charge in [-0.2, -0.15) is 12.6 Å². The van der Waals surface area contributed by atoms with E-state index < -0.39 is 21.9 Å². The van der Waals surface area contributed by atoms with Gasteiger partial charge in [-0.05, 0) is 10.8 Å². The fourth-order valence-corrected chi connectivity index (χ4v) is 3.74. The van der Waals surface area contributed by atoms with Gasteiger partial charge in [0.15, 0.2) is 0 Å². The van der Waals surface area contributed by atoms with Crippen LogP contribution in [0.3, 0.4) is 0 Å². The zero-order chi connectivity index (χ0) is 11.2. The summed E-state index contributed by atoms with van der Waals surface area (Å²) in [6.07, 6.45) is 0. The first-order valence-electron chi connectivity index (χ1n) is 3.50. The third-order valence-electron chi connectivity index (χ3n) is 1.06. The molecule has 15 heavy (non-hydrogen) atoms. The third kappa shape index (κ3) is 11.8. The van der Waals surface area contributed by atoms with Crippen LogP contribution < -0.4 is 35.3 Å². The summed E-state index contributed by atoms with van der Waals surface area (Å²) < 4.78 is 30.5. The van der Waals surface area contributed by atoms with Gasteiger partial charge in [-0.3, -0.25) is 4.79 Å². The number of hydrogen-bond donors (Lipinski definition) is 2. The molecule has 0 aromatic heterocycles. The molecule has 0 aromatic carbocycles. The Kier molecular flexibility index (Phi) is 12.1. The van der Waals surface area contributed by atoms with E-state index in [-0.39, 0.29) is 46.2 Å². The SMILES string of the molecule is N[C@@H](CS)C(=O)SSCCS(=O)(=O)[O-].[Na+]. The monoisotopic (exact) mass is 299 g/mol. The van der Waals surface area contributed by atoms with Crippen molar-refractivity contribution in [2.24, 2.45) is 5.73 Å². The second-order valence-electron chi connectivity index (χ2n) is 2.28. The average molecular weight is 299 g/mol. The van der Waals surface area contributed by atoms with E-state index in [1.54, 1.807) is 0 Å². The van der Waals surface area contributed by atoms with E-state index in [2.05, 4.69) is 12.6 Å². The van der Waals surface area contributed by atoms with Crippen molar-refractivity contribution in [1.29, 1.82) is 0 Å². The standard InChI is InChI=1S/C5H11NO4S4.Na/c6-4(3-11)5(7)13-12-1-2-14(8,9)10;/h4,11H,1-3,6H2,(H,8,9,10);/q;+1/p-1/t4-;/m0./s1. The quantitative estimate of drug-likeness (QED) is 0.174. The number of hydrogen-bond acceptors (Lipinski definition) is 8. The predicted molar refractivity (Wildman–Crippen MR) is 61.4 cm³/mol. The smallest absolute Gasteiger partial charge is 0.748 e. The minimum Gasteiger partial charge on any atom is -0.748 e. The van der Waals surface area contributed by atoms with E-state index in [0.717, 1.165) is 21.6 Å². The zero-order valence-corrected chi connectivity index (χ0v) is 13.4. The second-order valence-corrected chi connectivity index (χ2v) is 6.58. The summed E-state index contributed by atoms with van der Waals surface area (Å²) in [5, 5.41) is -0.270. The van der Waals surface area contributed by atoms with Crippen LogP contribution in [0.4, 0.5) is 0 Å². The summed E-state index contributed by atoms with van der Waals surface area (Å²) in [5.41, 5.74) is 5.34. The van der Waals surface area contributed by atoms with E-state index in [4.69, 9.17) is 5.73 Å². The van der Waals surface area contributed by atoms with Gasteiger partial charge in [-0.1, -0.05) is 10.8 Å². The van der Waals surface area contributed by atoms with Crippen LogP contribution in [0.1, 0.15) is 0 Å². The molecule has 10 heteroatoms. The molecule has 84 valence electrons. The minimum absolute atomic E-state index is 0. The fraction of sp³-hybridized carbons (Fsp3) is 0.800. The third-order valence-corrected chi connectivity index (χ3v) is 4.72. The van der Waals surface area contributed by atoms with Crippen molar-refractivity contribution >= 4 is 49.4 Å². The molecule has 5 nitrogen and oxygen atoms in total. The summed E-state index contributed by atoms with van der Waals surface area (Å²) in [5.74, 6) is -0.151. The summed E-state index contributed by atoms with van der Waals surface area (Å²) in [4.78, 5) is 11.0. The molecule has 0 bridgehead atoms. The fourth-order valence-electron chi connectivity index (χ4n) is 0.372. The molecule has 0 aliphatic rings. The first kappa shape index (κ1) is 18.9. The van der Waals surface area contributed by atoms with Gasteiger partial charge >= 0.3 is 29.6 Å². The van der Waals surface area contributed by atoms with Crippen molar-refractivity contribution in [2.75, 3.05) is 17.3 Å². The topological polar surface area (TPSA) is 100 Å². The molecular weight excluding hydrogens is 289 g/mol. The Morgan fingerprint density at radius 2 is 2.07 bits per heavy atom. The number of nitrogens with two attached hydrogens (primary N) is 1. The van der Waals surface area contributed by atoms with Crippen LogP contribution in [-0.2, 0) is 14.9 Å². The van der Waals surface area contributed by atoms with Crippen LogP contribution in [-0.4, -0.2) is 41.4 Å². The van der Waals surface area contributed by atoms with E-state index in [1.807, 2.05) is 0 Å². The van der Waals surface area contributed by atoms with Crippen LogP contribution in [0.25, 0.3) is 0 Å². The van der Waals surface area contributed by atoms with Crippen LogP contribution in [0.2, 0.25) is 0 Å².